The highest BCUT2D eigenvalue weighted by Gasteiger charge is 2.19. The van der Waals surface area contributed by atoms with Gasteiger partial charge in [-0.15, -0.1) is 0 Å². The van der Waals surface area contributed by atoms with Gasteiger partial charge in [-0.1, -0.05) is 36.4 Å². The molecule has 0 aromatic heterocycles. The number of piperidine rings is 1. The minimum atomic E-state index is 0.245. The summed E-state index contributed by atoms with van der Waals surface area (Å²) >= 11 is 2.47. The fourth-order valence-electron chi connectivity index (χ4n) is 2.88. The van der Waals surface area contributed by atoms with Crippen LogP contribution in [-0.2, 0) is 4.79 Å². The molecule has 1 heterocycles. The zero-order valence-electron chi connectivity index (χ0n) is 13.3. The van der Waals surface area contributed by atoms with Crippen molar-refractivity contribution in [1.82, 2.24) is 10.2 Å². The lowest BCUT2D eigenvalue weighted by Gasteiger charge is -2.31. The second-order valence-corrected chi connectivity index (χ2v) is 7.89. The van der Waals surface area contributed by atoms with E-state index in [9.17, 15) is 4.79 Å². The molecule has 20 heavy (non-hydrogen) atoms. The minimum absolute atomic E-state index is 0.245. The van der Waals surface area contributed by atoms with E-state index >= 15 is 0 Å². The van der Waals surface area contributed by atoms with Crippen molar-refractivity contribution in [3.8, 4) is 0 Å². The van der Waals surface area contributed by atoms with Crippen molar-refractivity contribution in [2.45, 2.75) is 69.3 Å². The van der Waals surface area contributed by atoms with Crippen LogP contribution in [0.4, 0.5) is 0 Å². The van der Waals surface area contributed by atoms with E-state index in [1.54, 1.807) is 0 Å². The molecule has 1 aliphatic heterocycles. The van der Waals surface area contributed by atoms with Gasteiger partial charge in [0.25, 0.3) is 0 Å². The first-order valence-corrected chi connectivity index (χ1v) is 9.45. The van der Waals surface area contributed by atoms with Gasteiger partial charge in [0.05, 0.1) is 0 Å². The summed E-state index contributed by atoms with van der Waals surface area (Å²) in [7, 11) is 0. The standard InChI is InChI=1S/C16H31IN2O/c1-4-15(17)12-13(3)18-16(20)7-6-14-8-10-19(5-2)11-9-14/h13-15H,4-12H2,1-3H3,(H,18,20)/t13-,15?/m1/s1. The maximum atomic E-state index is 12.0. The second kappa shape index (κ2) is 9.98. The molecule has 0 aliphatic carbocycles. The number of carbonyl (C=O) groups excluding carboxylic acids is 1. The van der Waals surface area contributed by atoms with Crippen LogP contribution in [-0.4, -0.2) is 40.4 Å². The van der Waals surface area contributed by atoms with Gasteiger partial charge in [0, 0.05) is 16.4 Å². The average molecular weight is 394 g/mol. The Labute approximate surface area is 138 Å². The van der Waals surface area contributed by atoms with Gasteiger partial charge in [-0.05, 0) is 64.6 Å². The molecule has 0 spiro atoms. The van der Waals surface area contributed by atoms with Crippen molar-refractivity contribution < 1.29 is 4.79 Å². The number of hydrogen-bond donors (Lipinski definition) is 1. The summed E-state index contributed by atoms with van der Waals surface area (Å²) in [6.45, 7) is 10.1. The van der Waals surface area contributed by atoms with Gasteiger partial charge in [0.1, 0.15) is 0 Å². The van der Waals surface area contributed by atoms with E-state index in [0.29, 0.717) is 16.4 Å². The Hall–Kier alpha value is 0.160. The average Bonchev–Trinajstić information content (AvgIpc) is 2.45. The van der Waals surface area contributed by atoms with Crippen molar-refractivity contribution in [2.75, 3.05) is 19.6 Å². The molecule has 1 fully saturated rings. The summed E-state index contributed by atoms with van der Waals surface area (Å²) < 4.78 is 0.668. The second-order valence-electron chi connectivity index (χ2n) is 6.13. The third-order valence-electron chi connectivity index (χ3n) is 4.39. The van der Waals surface area contributed by atoms with Crippen molar-refractivity contribution in [2.24, 2.45) is 5.92 Å². The van der Waals surface area contributed by atoms with Crippen LogP contribution >= 0.6 is 22.6 Å². The lowest BCUT2D eigenvalue weighted by Crippen LogP contribution is -2.36. The maximum Gasteiger partial charge on any atom is 0.220 e. The maximum absolute atomic E-state index is 12.0. The molecule has 3 nitrogen and oxygen atoms in total. The molecular weight excluding hydrogens is 363 g/mol. The molecule has 4 heteroatoms. The first-order valence-electron chi connectivity index (χ1n) is 8.20. The Morgan fingerprint density at radius 1 is 1.35 bits per heavy atom. The molecule has 1 rings (SSSR count). The number of rotatable bonds is 8. The van der Waals surface area contributed by atoms with Crippen LogP contribution in [0.25, 0.3) is 0 Å². The Bertz CT molecular complexity index is 278. The summed E-state index contributed by atoms with van der Waals surface area (Å²) in [6, 6.07) is 0.311. The third-order valence-corrected chi connectivity index (χ3v) is 5.78. The largest absolute Gasteiger partial charge is 0.354 e. The number of nitrogens with one attached hydrogen (secondary N) is 1. The van der Waals surface area contributed by atoms with E-state index in [4.69, 9.17) is 0 Å². The van der Waals surface area contributed by atoms with Gasteiger partial charge < -0.3 is 10.2 Å². The molecule has 1 amide bonds. The summed E-state index contributed by atoms with van der Waals surface area (Å²) in [5.41, 5.74) is 0. The summed E-state index contributed by atoms with van der Waals surface area (Å²) in [4.78, 5) is 14.5. The quantitative estimate of drug-likeness (QED) is 0.504. The fraction of sp³-hybridized carbons (Fsp3) is 0.938. The van der Waals surface area contributed by atoms with Crippen molar-refractivity contribution in [1.29, 1.82) is 0 Å². The molecule has 1 aliphatic rings. The lowest BCUT2D eigenvalue weighted by atomic mass is 9.92. The molecular formula is C16H31IN2O. The number of hydrogen-bond acceptors (Lipinski definition) is 2. The molecule has 0 aromatic rings. The summed E-state index contributed by atoms with van der Waals surface area (Å²) in [5.74, 6) is 1.00. The molecule has 1 saturated heterocycles. The first-order chi connectivity index (χ1) is 9.55. The van der Waals surface area contributed by atoms with Crippen LogP contribution in [0.15, 0.2) is 0 Å². The van der Waals surface area contributed by atoms with Crippen LogP contribution in [0, 0.1) is 5.92 Å². The van der Waals surface area contributed by atoms with Crippen LogP contribution in [0.3, 0.4) is 0 Å². The van der Waals surface area contributed by atoms with E-state index in [1.807, 2.05) is 0 Å². The molecule has 0 saturated carbocycles. The highest BCUT2D eigenvalue weighted by molar-refractivity contribution is 14.1. The van der Waals surface area contributed by atoms with Crippen LogP contribution in [0.1, 0.15) is 59.3 Å². The van der Waals surface area contributed by atoms with E-state index in [-0.39, 0.29) is 5.91 Å². The number of halogens is 1. The molecule has 2 atom stereocenters. The monoisotopic (exact) mass is 394 g/mol. The molecule has 118 valence electrons. The Kier molecular flexibility index (Phi) is 9.09. The molecule has 0 aromatic carbocycles. The zero-order chi connectivity index (χ0) is 15.0. The Morgan fingerprint density at radius 3 is 2.55 bits per heavy atom. The predicted molar refractivity (Wildman–Crippen MR) is 94.4 cm³/mol. The van der Waals surface area contributed by atoms with E-state index in [0.717, 1.165) is 18.8 Å². The zero-order valence-corrected chi connectivity index (χ0v) is 15.5. The fourth-order valence-corrected chi connectivity index (χ4v) is 3.65. The number of amides is 1. The SMILES string of the molecule is CCC(I)C[C@@H](C)NC(=O)CCC1CCN(CC)CC1. The van der Waals surface area contributed by atoms with E-state index in [2.05, 4.69) is 53.6 Å². The third kappa shape index (κ3) is 7.25. The molecule has 0 radical (unpaired) electrons. The van der Waals surface area contributed by atoms with Crippen molar-refractivity contribution in [3.05, 3.63) is 0 Å². The first kappa shape index (κ1) is 18.2. The lowest BCUT2D eigenvalue weighted by molar-refractivity contribution is -0.122. The molecule has 1 N–H and O–H groups in total. The van der Waals surface area contributed by atoms with E-state index < -0.39 is 0 Å². The normalized spacial score (nSPS) is 20.6. The van der Waals surface area contributed by atoms with Crippen LogP contribution < -0.4 is 5.32 Å². The van der Waals surface area contributed by atoms with Gasteiger partial charge in [0.2, 0.25) is 5.91 Å². The number of likely N-dealkylation sites (tertiary alicyclic amines) is 1. The Balaban J connectivity index is 2.14. The summed E-state index contributed by atoms with van der Waals surface area (Å²) in [5, 5.41) is 3.15. The van der Waals surface area contributed by atoms with Crippen LogP contribution in [0.5, 0.6) is 0 Å². The summed E-state index contributed by atoms with van der Waals surface area (Å²) in [6.07, 6.45) is 6.57. The molecule has 0 bridgehead atoms. The smallest absolute Gasteiger partial charge is 0.220 e. The van der Waals surface area contributed by atoms with Gasteiger partial charge in [-0.3, -0.25) is 4.79 Å². The van der Waals surface area contributed by atoms with Gasteiger partial charge in [0.15, 0.2) is 0 Å². The predicted octanol–water partition coefficient (Wildman–Crippen LogP) is 3.61. The topological polar surface area (TPSA) is 32.3 Å². The highest BCUT2D eigenvalue weighted by Crippen LogP contribution is 2.21. The van der Waals surface area contributed by atoms with Gasteiger partial charge in [-0.2, -0.15) is 0 Å². The molecule has 1 unspecified atom stereocenters. The van der Waals surface area contributed by atoms with Gasteiger partial charge in [-0.25, -0.2) is 0 Å². The highest BCUT2D eigenvalue weighted by atomic mass is 127. The van der Waals surface area contributed by atoms with Crippen LogP contribution in [0.2, 0.25) is 0 Å². The van der Waals surface area contributed by atoms with Crippen molar-refractivity contribution in [3.63, 3.8) is 0 Å². The number of nitrogens with zero attached hydrogens (tertiary/aromatic N) is 1. The minimum Gasteiger partial charge on any atom is -0.354 e. The number of carbonyl (C=O) groups is 1. The van der Waals surface area contributed by atoms with Crippen molar-refractivity contribution >= 4 is 28.5 Å². The van der Waals surface area contributed by atoms with E-state index in [1.165, 1.54) is 38.9 Å². The Morgan fingerprint density at radius 2 is 2.00 bits per heavy atom. The number of alkyl halides is 1. The van der Waals surface area contributed by atoms with Gasteiger partial charge >= 0.3 is 0 Å².